The molecule has 3 N–H and O–H groups in total. The molecule has 58 heavy (non-hydrogen) atoms. The number of aryl methyl sites for hydroxylation is 1. The summed E-state index contributed by atoms with van der Waals surface area (Å²) < 4.78 is 41.2. The van der Waals surface area contributed by atoms with E-state index in [0.717, 1.165) is 68.5 Å². The highest BCUT2D eigenvalue weighted by molar-refractivity contribution is 7.90. The lowest BCUT2D eigenvalue weighted by Crippen LogP contribution is -2.37. The summed E-state index contributed by atoms with van der Waals surface area (Å²) in [6.45, 7) is 5.09. The van der Waals surface area contributed by atoms with Crippen molar-refractivity contribution in [3.05, 3.63) is 118 Å². The number of carbonyl (C=O) groups excluding carboxylic acids is 1. The predicted molar refractivity (Wildman–Crippen MR) is 222 cm³/mol. The molecule has 4 heterocycles. The average molecular weight is 807 g/mol. The van der Waals surface area contributed by atoms with Crippen LogP contribution in [0.4, 0.5) is 11.4 Å². The Hall–Kier alpha value is -5.31. The second kappa shape index (κ2) is 17.3. The van der Waals surface area contributed by atoms with Crippen LogP contribution in [0, 0.1) is 16.0 Å². The van der Waals surface area contributed by atoms with Gasteiger partial charge in [-0.1, -0.05) is 37.3 Å². The number of pyridine rings is 1. The molecule has 3 fully saturated rings. The van der Waals surface area contributed by atoms with E-state index in [-0.39, 0.29) is 28.8 Å². The molecule has 1 aliphatic carbocycles. The van der Waals surface area contributed by atoms with Crippen LogP contribution >= 0.6 is 0 Å². The van der Waals surface area contributed by atoms with Gasteiger partial charge < -0.3 is 19.8 Å². The SMILES string of the molecule is CCc1ccccc1C1CCCN1C1CCC(c2ccc(C(=O)NS(=O)(=O)c3ccc(NCC4CCOCC4)c([N+](=O)[O-])c3)c(Oc3cnc4[nH]ccc4c3)c2)CC1. The number of nitro groups is 1. The van der Waals surface area contributed by atoms with E-state index in [0.29, 0.717) is 43.2 Å². The van der Waals surface area contributed by atoms with E-state index in [4.69, 9.17) is 9.47 Å². The van der Waals surface area contributed by atoms with Gasteiger partial charge >= 0.3 is 0 Å². The molecule has 0 spiro atoms. The van der Waals surface area contributed by atoms with Crippen LogP contribution in [0.5, 0.6) is 11.5 Å². The fourth-order valence-electron chi connectivity index (χ4n) is 9.07. The molecule has 2 aromatic heterocycles. The normalized spacial score (nSPS) is 20.5. The van der Waals surface area contributed by atoms with Gasteiger partial charge in [-0.05, 0) is 129 Å². The molecule has 3 aliphatic rings. The molecule has 5 aromatic rings. The maximum absolute atomic E-state index is 13.9. The molecule has 1 saturated carbocycles. The Kier molecular flexibility index (Phi) is 11.8. The van der Waals surface area contributed by atoms with Crippen molar-refractivity contribution in [3.8, 4) is 11.5 Å². The van der Waals surface area contributed by atoms with E-state index < -0.39 is 31.4 Å². The number of nitro benzene ring substituents is 1. The van der Waals surface area contributed by atoms with Crippen molar-refractivity contribution in [2.24, 2.45) is 5.92 Å². The fraction of sp³-hybridized carbons (Fsp3) is 0.409. The van der Waals surface area contributed by atoms with Gasteiger partial charge in [-0.25, -0.2) is 18.1 Å². The van der Waals surface area contributed by atoms with E-state index in [1.807, 2.05) is 18.2 Å². The molecular formula is C44H50N6O7S. The lowest BCUT2D eigenvalue weighted by Gasteiger charge is -2.39. The third-order valence-electron chi connectivity index (χ3n) is 12.2. The van der Waals surface area contributed by atoms with Crippen LogP contribution in [0.15, 0.2) is 90.1 Å². The second-order valence-corrected chi connectivity index (χ2v) is 17.4. The molecule has 304 valence electrons. The number of carbonyl (C=O) groups is 1. The first kappa shape index (κ1) is 39.5. The number of fused-ring (bicyclic) bond motifs is 1. The summed E-state index contributed by atoms with van der Waals surface area (Å²) in [6.07, 6.45) is 12.4. The Labute approximate surface area is 338 Å². The first-order chi connectivity index (χ1) is 28.2. The second-order valence-electron chi connectivity index (χ2n) is 15.7. The number of likely N-dealkylation sites (tertiary alicyclic amines) is 1. The van der Waals surface area contributed by atoms with Crippen LogP contribution in [0.2, 0.25) is 0 Å². The lowest BCUT2D eigenvalue weighted by molar-refractivity contribution is -0.384. The quantitative estimate of drug-likeness (QED) is 0.0774. The Balaban J connectivity index is 1.01. The number of benzene rings is 3. The number of H-pyrrole nitrogens is 1. The summed E-state index contributed by atoms with van der Waals surface area (Å²) in [5, 5.41) is 16.0. The third-order valence-corrected chi connectivity index (χ3v) is 13.5. The highest BCUT2D eigenvalue weighted by Gasteiger charge is 2.35. The molecule has 0 radical (unpaired) electrons. The van der Waals surface area contributed by atoms with Crippen molar-refractivity contribution in [1.29, 1.82) is 0 Å². The standard InChI is InChI=1S/C44H50N6O7S/c1-2-30-6-3-4-7-37(30)40-8-5-21-49(40)34-12-9-31(10-13-34)32-11-15-38(42(25-32)57-35-24-33-17-20-45-43(33)47-28-35)44(51)48-58(54,55)36-14-16-39(41(26-36)50(52)53)46-27-29-18-22-56-23-19-29/h3-4,6-7,11,14-17,20,24-26,28-29,31,34,40,46H,2,5,8-10,12-13,18-19,21-23,27H2,1H3,(H,45,47)(H,48,51). The van der Waals surface area contributed by atoms with Gasteiger partial charge in [0.25, 0.3) is 21.6 Å². The van der Waals surface area contributed by atoms with Gasteiger partial charge in [0.05, 0.1) is 21.6 Å². The molecule has 13 nitrogen and oxygen atoms in total. The number of sulfonamides is 1. The number of aromatic nitrogens is 2. The molecule has 2 saturated heterocycles. The van der Waals surface area contributed by atoms with Crippen LogP contribution in [0.3, 0.4) is 0 Å². The molecule has 3 aromatic carbocycles. The lowest BCUT2D eigenvalue weighted by atomic mass is 9.80. The van der Waals surface area contributed by atoms with Crippen molar-refractivity contribution < 1.29 is 27.6 Å². The van der Waals surface area contributed by atoms with Crippen LogP contribution in [-0.4, -0.2) is 66.5 Å². The van der Waals surface area contributed by atoms with Gasteiger partial charge in [-0.15, -0.1) is 0 Å². The highest BCUT2D eigenvalue weighted by atomic mass is 32.2. The number of hydrogen-bond acceptors (Lipinski definition) is 10. The van der Waals surface area contributed by atoms with Gasteiger partial charge in [0.15, 0.2) is 0 Å². The summed E-state index contributed by atoms with van der Waals surface area (Å²) in [4.78, 5) is 35.1. The minimum absolute atomic E-state index is 0.00826. The van der Waals surface area contributed by atoms with Gasteiger partial charge in [0.2, 0.25) is 0 Å². The zero-order valence-corrected chi connectivity index (χ0v) is 33.5. The molecule has 2 aliphatic heterocycles. The Morgan fingerprint density at radius 3 is 2.60 bits per heavy atom. The summed E-state index contributed by atoms with van der Waals surface area (Å²) >= 11 is 0. The van der Waals surface area contributed by atoms with Gasteiger partial charge in [0, 0.05) is 49.5 Å². The number of rotatable bonds is 13. The van der Waals surface area contributed by atoms with Gasteiger partial charge in [0.1, 0.15) is 22.8 Å². The van der Waals surface area contributed by atoms with E-state index in [1.54, 1.807) is 24.5 Å². The molecule has 1 amide bonds. The van der Waals surface area contributed by atoms with Crippen LogP contribution in [0.25, 0.3) is 11.0 Å². The van der Waals surface area contributed by atoms with Gasteiger partial charge in [-0.2, -0.15) is 0 Å². The average Bonchev–Trinajstić information content (AvgIpc) is 3.93. The number of ether oxygens (including phenoxy) is 2. The Bertz CT molecular complexity index is 2390. The number of nitrogens with zero attached hydrogens (tertiary/aromatic N) is 3. The van der Waals surface area contributed by atoms with Crippen LogP contribution < -0.4 is 14.8 Å². The van der Waals surface area contributed by atoms with Crippen molar-refractivity contribution in [3.63, 3.8) is 0 Å². The van der Waals surface area contributed by atoms with Gasteiger partial charge in [-0.3, -0.25) is 19.8 Å². The summed E-state index contributed by atoms with van der Waals surface area (Å²) in [6, 6.07) is 22.4. The van der Waals surface area contributed by atoms with Crippen LogP contribution in [0.1, 0.15) is 97.3 Å². The Morgan fingerprint density at radius 1 is 1.00 bits per heavy atom. The first-order valence-corrected chi connectivity index (χ1v) is 21.9. The third kappa shape index (κ3) is 8.59. The van der Waals surface area contributed by atoms with E-state index in [2.05, 4.69) is 56.1 Å². The largest absolute Gasteiger partial charge is 0.455 e. The fourth-order valence-corrected chi connectivity index (χ4v) is 10.1. The summed E-state index contributed by atoms with van der Waals surface area (Å²) in [5.41, 5.74) is 4.39. The Morgan fingerprint density at radius 2 is 1.81 bits per heavy atom. The molecule has 1 unspecified atom stereocenters. The minimum Gasteiger partial charge on any atom is -0.455 e. The van der Waals surface area contributed by atoms with E-state index in [1.165, 1.54) is 36.1 Å². The minimum atomic E-state index is -4.53. The highest BCUT2D eigenvalue weighted by Crippen LogP contribution is 2.43. The molecule has 0 bridgehead atoms. The van der Waals surface area contributed by atoms with E-state index >= 15 is 0 Å². The van der Waals surface area contributed by atoms with Crippen molar-refractivity contribution in [2.75, 3.05) is 31.6 Å². The summed E-state index contributed by atoms with van der Waals surface area (Å²) in [7, 11) is -4.53. The first-order valence-electron chi connectivity index (χ1n) is 20.4. The topological polar surface area (TPSA) is 169 Å². The van der Waals surface area contributed by atoms with Crippen molar-refractivity contribution in [2.45, 2.75) is 87.6 Å². The number of hydrogen-bond donors (Lipinski definition) is 3. The van der Waals surface area contributed by atoms with E-state index in [9.17, 15) is 23.3 Å². The molecule has 14 heteroatoms. The summed E-state index contributed by atoms with van der Waals surface area (Å²) in [5.74, 6) is 0.173. The monoisotopic (exact) mass is 806 g/mol. The zero-order valence-electron chi connectivity index (χ0n) is 32.7. The maximum atomic E-state index is 13.9. The molecule has 1 atom stereocenters. The molecule has 8 rings (SSSR count). The number of nitrogens with one attached hydrogen (secondary N) is 3. The smallest absolute Gasteiger partial charge is 0.293 e. The molecular weight excluding hydrogens is 757 g/mol. The number of amides is 1. The zero-order chi connectivity index (χ0) is 40.2. The predicted octanol–water partition coefficient (Wildman–Crippen LogP) is 8.65. The maximum Gasteiger partial charge on any atom is 0.293 e. The van der Waals surface area contributed by atoms with Crippen LogP contribution in [-0.2, 0) is 21.2 Å². The number of aromatic amines is 1. The van der Waals surface area contributed by atoms with Crippen molar-refractivity contribution in [1.82, 2.24) is 19.6 Å². The number of anilines is 1. The van der Waals surface area contributed by atoms with Crippen molar-refractivity contribution >= 4 is 38.3 Å².